The van der Waals surface area contributed by atoms with Crippen molar-refractivity contribution in [1.82, 2.24) is 14.9 Å². The Morgan fingerprint density at radius 2 is 2.05 bits per heavy atom. The van der Waals surface area contributed by atoms with Gasteiger partial charge < -0.3 is 4.90 Å². The molecule has 1 aliphatic rings. The smallest absolute Gasteiger partial charge is 0.265 e. The van der Waals surface area contributed by atoms with E-state index in [2.05, 4.69) is 21.8 Å². The molecule has 1 aliphatic heterocycles. The lowest BCUT2D eigenvalue weighted by Gasteiger charge is -2.12. The number of carbonyl (C=O) groups excluding carboxylic acids is 1. The number of amides is 1. The Morgan fingerprint density at radius 3 is 2.80 bits per heavy atom. The molecule has 0 unspecified atom stereocenters. The summed E-state index contributed by atoms with van der Waals surface area (Å²) in [5.41, 5.74) is 0.704. The molecule has 100 valence electrons. The van der Waals surface area contributed by atoms with Crippen LogP contribution in [0.15, 0.2) is 30.6 Å². The maximum atomic E-state index is 12.2. The molecule has 2 aromatic rings. The molecule has 0 aromatic carbocycles. The Labute approximate surface area is 121 Å². The Hall–Kier alpha value is -2.19. The van der Waals surface area contributed by atoms with Gasteiger partial charge in [0.15, 0.2) is 5.01 Å². The van der Waals surface area contributed by atoms with Crippen molar-refractivity contribution in [3.05, 3.63) is 46.2 Å². The van der Waals surface area contributed by atoms with Gasteiger partial charge >= 0.3 is 0 Å². The number of pyridine rings is 1. The number of rotatable bonds is 1. The first kappa shape index (κ1) is 12.8. The second-order valence-electron chi connectivity index (χ2n) is 4.49. The monoisotopic (exact) mass is 283 g/mol. The number of carbonyl (C=O) groups is 1. The number of hydrogen-bond donors (Lipinski definition) is 0. The predicted octanol–water partition coefficient (Wildman–Crippen LogP) is 2.17. The van der Waals surface area contributed by atoms with Crippen molar-refractivity contribution in [3.8, 4) is 11.8 Å². The van der Waals surface area contributed by atoms with Gasteiger partial charge in [-0.05, 0) is 36.8 Å². The number of hydrogen-bond acceptors (Lipinski definition) is 4. The van der Waals surface area contributed by atoms with Crippen molar-refractivity contribution in [3.63, 3.8) is 0 Å². The molecule has 4 nitrogen and oxygen atoms in total. The average molecular weight is 283 g/mol. The highest BCUT2D eigenvalue weighted by atomic mass is 32.1. The Bertz CT molecular complexity index is 663. The Kier molecular flexibility index (Phi) is 3.75. The molecule has 1 saturated heterocycles. The average Bonchev–Trinajstić information content (AvgIpc) is 3.17. The fraction of sp³-hybridized carbons (Fsp3) is 0.267. The summed E-state index contributed by atoms with van der Waals surface area (Å²) in [6, 6.07) is 5.58. The summed E-state index contributed by atoms with van der Waals surface area (Å²) in [5.74, 6) is 5.97. The fourth-order valence-electron chi connectivity index (χ4n) is 2.06. The van der Waals surface area contributed by atoms with E-state index in [1.165, 1.54) is 11.3 Å². The quantitative estimate of drug-likeness (QED) is 0.754. The molecule has 3 heterocycles. The van der Waals surface area contributed by atoms with Crippen molar-refractivity contribution in [2.75, 3.05) is 13.1 Å². The zero-order chi connectivity index (χ0) is 13.8. The first-order valence-corrected chi connectivity index (χ1v) is 7.33. The molecule has 2 aromatic heterocycles. The van der Waals surface area contributed by atoms with E-state index in [1.54, 1.807) is 12.4 Å². The summed E-state index contributed by atoms with van der Waals surface area (Å²) < 4.78 is 0. The lowest BCUT2D eigenvalue weighted by atomic mass is 10.3. The number of nitrogens with zero attached hydrogens (tertiary/aromatic N) is 3. The molecule has 0 saturated carbocycles. The molecular formula is C15H13N3OS. The third-order valence-corrected chi connectivity index (χ3v) is 3.97. The molecule has 20 heavy (non-hydrogen) atoms. The maximum absolute atomic E-state index is 12.2. The van der Waals surface area contributed by atoms with Gasteiger partial charge in [-0.2, -0.15) is 0 Å². The molecule has 0 spiro atoms. The summed E-state index contributed by atoms with van der Waals surface area (Å²) in [4.78, 5) is 23.0. The largest absolute Gasteiger partial charge is 0.338 e. The first-order chi connectivity index (χ1) is 9.83. The third kappa shape index (κ3) is 2.86. The normalized spacial score (nSPS) is 13.9. The zero-order valence-electron chi connectivity index (χ0n) is 10.9. The molecule has 5 heteroatoms. The van der Waals surface area contributed by atoms with Gasteiger partial charge in [-0.3, -0.25) is 4.79 Å². The van der Waals surface area contributed by atoms with Gasteiger partial charge in [0, 0.05) is 19.3 Å². The van der Waals surface area contributed by atoms with Crippen LogP contribution in [0.1, 0.15) is 33.2 Å². The molecule has 3 rings (SSSR count). The van der Waals surface area contributed by atoms with E-state index in [9.17, 15) is 4.79 Å². The summed E-state index contributed by atoms with van der Waals surface area (Å²) in [6.07, 6.45) is 5.51. The third-order valence-electron chi connectivity index (χ3n) is 3.07. The minimum Gasteiger partial charge on any atom is -0.338 e. The van der Waals surface area contributed by atoms with E-state index in [0.29, 0.717) is 15.6 Å². The standard InChI is InChI=1S/C15H13N3OS/c19-15(18-9-3-4-10-18)13-11-17-14(20-13)7-6-12-5-1-2-8-16-12/h1-2,5,8,11H,3-4,9-10H2. The van der Waals surface area contributed by atoms with Crippen LogP contribution < -0.4 is 0 Å². The Morgan fingerprint density at radius 1 is 1.20 bits per heavy atom. The molecule has 0 aliphatic carbocycles. The van der Waals surface area contributed by atoms with E-state index < -0.39 is 0 Å². The van der Waals surface area contributed by atoms with Crippen LogP contribution in [0.3, 0.4) is 0 Å². The van der Waals surface area contributed by atoms with Crippen LogP contribution in [-0.2, 0) is 0 Å². The summed E-state index contributed by atoms with van der Waals surface area (Å²) >= 11 is 1.34. The van der Waals surface area contributed by atoms with Crippen molar-refractivity contribution in [2.24, 2.45) is 0 Å². The highest BCUT2D eigenvalue weighted by Gasteiger charge is 2.21. The van der Waals surface area contributed by atoms with Gasteiger partial charge in [-0.1, -0.05) is 6.07 Å². The first-order valence-electron chi connectivity index (χ1n) is 6.51. The molecule has 1 amide bonds. The van der Waals surface area contributed by atoms with Crippen LogP contribution in [0.5, 0.6) is 0 Å². The van der Waals surface area contributed by atoms with Crippen molar-refractivity contribution >= 4 is 17.2 Å². The van der Waals surface area contributed by atoms with Crippen LogP contribution in [0, 0.1) is 11.8 Å². The van der Waals surface area contributed by atoms with Gasteiger partial charge in [0.05, 0.1) is 6.20 Å². The van der Waals surface area contributed by atoms with Crippen LogP contribution >= 0.6 is 11.3 Å². The number of aromatic nitrogens is 2. The molecule has 0 bridgehead atoms. The van der Waals surface area contributed by atoms with E-state index in [4.69, 9.17) is 0 Å². The highest BCUT2D eigenvalue weighted by Crippen LogP contribution is 2.17. The zero-order valence-corrected chi connectivity index (χ0v) is 11.7. The minimum absolute atomic E-state index is 0.0749. The van der Waals surface area contributed by atoms with Crippen LogP contribution in [-0.4, -0.2) is 33.9 Å². The van der Waals surface area contributed by atoms with Gasteiger partial charge in [0.25, 0.3) is 5.91 Å². The van der Waals surface area contributed by atoms with Crippen LogP contribution in [0.25, 0.3) is 0 Å². The van der Waals surface area contributed by atoms with Gasteiger partial charge in [-0.15, -0.1) is 11.3 Å². The minimum atomic E-state index is 0.0749. The topological polar surface area (TPSA) is 46.1 Å². The summed E-state index contributed by atoms with van der Waals surface area (Å²) in [5, 5.41) is 0.651. The maximum Gasteiger partial charge on any atom is 0.265 e. The van der Waals surface area contributed by atoms with E-state index in [-0.39, 0.29) is 5.91 Å². The molecule has 1 fully saturated rings. The van der Waals surface area contributed by atoms with E-state index in [0.717, 1.165) is 25.9 Å². The van der Waals surface area contributed by atoms with Gasteiger partial charge in [0.1, 0.15) is 10.6 Å². The van der Waals surface area contributed by atoms with Crippen LogP contribution in [0.2, 0.25) is 0 Å². The molecule has 0 radical (unpaired) electrons. The van der Waals surface area contributed by atoms with Crippen molar-refractivity contribution in [2.45, 2.75) is 12.8 Å². The SMILES string of the molecule is O=C(c1cnc(C#Cc2ccccn2)s1)N1CCCC1. The van der Waals surface area contributed by atoms with Crippen LogP contribution in [0.4, 0.5) is 0 Å². The summed E-state index contributed by atoms with van der Waals surface area (Å²) in [7, 11) is 0. The number of likely N-dealkylation sites (tertiary alicyclic amines) is 1. The highest BCUT2D eigenvalue weighted by molar-refractivity contribution is 7.14. The summed E-state index contributed by atoms with van der Waals surface area (Å²) in [6.45, 7) is 1.71. The van der Waals surface area contributed by atoms with Crippen molar-refractivity contribution in [1.29, 1.82) is 0 Å². The fourth-order valence-corrected chi connectivity index (χ4v) is 2.80. The lowest BCUT2D eigenvalue weighted by molar-refractivity contribution is 0.0797. The number of thiazole rings is 1. The molecular weight excluding hydrogens is 270 g/mol. The molecule has 0 atom stereocenters. The van der Waals surface area contributed by atoms with E-state index >= 15 is 0 Å². The van der Waals surface area contributed by atoms with Gasteiger partial charge in [0.2, 0.25) is 0 Å². The molecule has 0 N–H and O–H groups in total. The van der Waals surface area contributed by atoms with E-state index in [1.807, 2.05) is 23.1 Å². The lowest BCUT2D eigenvalue weighted by Crippen LogP contribution is -2.26. The van der Waals surface area contributed by atoms with Crippen molar-refractivity contribution < 1.29 is 4.79 Å². The predicted molar refractivity (Wildman–Crippen MR) is 77.5 cm³/mol. The second kappa shape index (κ2) is 5.85. The second-order valence-corrected chi connectivity index (χ2v) is 5.52. The van der Waals surface area contributed by atoms with Gasteiger partial charge in [-0.25, -0.2) is 9.97 Å². The Balaban J connectivity index is 1.74.